The van der Waals surface area contributed by atoms with Crippen LogP contribution in [0.25, 0.3) is 0 Å². The van der Waals surface area contributed by atoms with Gasteiger partial charge in [0.25, 0.3) is 0 Å². The third kappa shape index (κ3) is 3.03. The topological polar surface area (TPSA) is 66.5 Å². The van der Waals surface area contributed by atoms with Crippen molar-refractivity contribution in [3.8, 4) is 0 Å². The minimum Gasteiger partial charge on any atom is -0.341 e. The lowest BCUT2D eigenvalue weighted by atomic mass is 10.0. The second-order valence-electron chi connectivity index (χ2n) is 6.11. The molecule has 1 amide bonds. The van der Waals surface area contributed by atoms with E-state index in [0.717, 1.165) is 28.7 Å². The van der Waals surface area contributed by atoms with E-state index in [1.54, 1.807) is 25.7 Å². The first-order valence-electron chi connectivity index (χ1n) is 7.53. The molecule has 122 valence electrons. The molecular weight excluding hydrogens is 300 g/mol. The van der Waals surface area contributed by atoms with Crippen LogP contribution in [0.15, 0.2) is 11.0 Å². The quantitative estimate of drug-likeness (QED) is 0.919. The fourth-order valence-electron chi connectivity index (χ4n) is 2.74. The van der Waals surface area contributed by atoms with Crippen LogP contribution in [-0.4, -0.2) is 38.4 Å². The zero-order valence-corrected chi connectivity index (χ0v) is 14.7. The first kappa shape index (κ1) is 17.0. The molecule has 6 heteroatoms. The molecule has 1 aromatic rings. The Hall–Kier alpha value is -1.40. The van der Waals surface area contributed by atoms with Crippen LogP contribution in [0.3, 0.4) is 0 Å². The summed E-state index contributed by atoms with van der Waals surface area (Å²) >= 11 is 0. The van der Waals surface area contributed by atoms with Crippen molar-refractivity contribution in [1.29, 1.82) is 0 Å². The minimum atomic E-state index is -3.73. The summed E-state index contributed by atoms with van der Waals surface area (Å²) in [6.07, 6.45) is 0.987. The Kier molecular flexibility index (Phi) is 4.63. The van der Waals surface area contributed by atoms with Crippen LogP contribution in [0.2, 0.25) is 0 Å². The van der Waals surface area contributed by atoms with Crippen LogP contribution in [0.1, 0.15) is 35.6 Å². The van der Waals surface area contributed by atoms with Gasteiger partial charge in [-0.3, -0.25) is 4.79 Å². The summed E-state index contributed by atoms with van der Waals surface area (Å²) in [4.78, 5) is 14.1. The Balaban J connectivity index is 2.33. The van der Waals surface area contributed by atoms with Gasteiger partial charge < -0.3 is 4.90 Å². The van der Waals surface area contributed by atoms with Gasteiger partial charge in [0, 0.05) is 13.1 Å². The van der Waals surface area contributed by atoms with Crippen LogP contribution < -0.4 is 4.72 Å². The average Bonchev–Trinajstić information content (AvgIpc) is 2.33. The van der Waals surface area contributed by atoms with Crippen LogP contribution in [0.5, 0.6) is 0 Å². The number of rotatable bonds is 4. The van der Waals surface area contributed by atoms with E-state index in [9.17, 15) is 13.2 Å². The molecule has 2 rings (SSSR count). The van der Waals surface area contributed by atoms with Crippen molar-refractivity contribution >= 4 is 15.9 Å². The number of hydrogen-bond acceptors (Lipinski definition) is 3. The molecule has 1 fully saturated rings. The fraction of sp³-hybridized carbons (Fsp3) is 0.562. The lowest BCUT2D eigenvalue weighted by molar-refractivity contribution is -0.136. The molecule has 1 atom stereocenters. The predicted molar refractivity (Wildman–Crippen MR) is 86.4 cm³/mol. The van der Waals surface area contributed by atoms with E-state index in [2.05, 4.69) is 4.72 Å². The molecule has 1 aliphatic rings. The molecule has 1 N–H and O–H groups in total. The van der Waals surface area contributed by atoms with Gasteiger partial charge in [-0.15, -0.1) is 0 Å². The highest BCUT2D eigenvalue weighted by Crippen LogP contribution is 2.26. The average molecular weight is 324 g/mol. The van der Waals surface area contributed by atoms with Gasteiger partial charge in [0.2, 0.25) is 15.9 Å². The molecule has 1 saturated heterocycles. The summed E-state index contributed by atoms with van der Waals surface area (Å²) < 4.78 is 28.0. The second kappa shape index (κ2) is 6.01. The zero-order valence-electron chi connectivity index (χ0n) is 13.9. The smallest absolute Gasteiger partial charge is 0.241 e. The number of aryl methyl sites for hydroxylation is 2. The Bertz CT molecular complexity index is 680. The van der Waals surface area contributed by atoms with Crippen molar-refractivity contribution in [3.63, 3.8) is 0 Å². The highest BCUT2D eigenvalue weighted by molar-refractivity contribution is 7.89. The molecular formula is C16H24N2O3S. The highest BCUT2D eigenvalue weighted by Gasteiger charge is 2.30. The first-order valence-corrected chi connectivity index (χ1v) is 9.02. The summed E-state index contributed by atoms with van der Waals surface area (Å²) in [5.41, 5.74) is 3.34. The van der Waals surface area contributed by atoms with Gasteiger partial charge in [-0.1, -0.05) is 6.07 Å². The third-order valence-electron chi connectivity index (χ3n) is 4.44. The van der Waals surface area contributed by atoms with E-state index in [4.69, 9.17) is 0 Å². The summed E-state index contributed by atoms with van der Waals surface area (Å²) in [5.74, 6) is -0.158. The van der Waals surface area contributed by atoms with Crippen molar-refractivity contribution < 1.29 is 13.2 Å². The number of nitrogens with zero attached hydrogens (tertiary/aromatic N) is 1. The summed E-state index contributed by atoms with van der Waals surface area (Å²) in [5, 5.41) is 0. The standard InChI is InChI=1S/C16H24N2O3S/c1-10-9-11(2)13(4)15(12(10)3)22(20,21)17-14(5)16(19)18-7-6-8-18/h9,14,17H,6-8H2,1-5H3/t14-/m1/s1. The minimum absolute atomic E-state index is 0.158. The van der Waals surface area contributed by atoms with E-state index in [1.165, 1.54) is 0 Å². The number of benzene rings is 1. The third-order valence-corrected chi connectivity index (χ3v) is 6.25. The largest absolute Gasteiger partial charge is 0.341 e. The molecule has 0 radical (unpaired) electrons. The van der Waals surface area contributed by atoms with E-state index in [1.807, 2.05) is 19.9 Å². The van der Waals surface area contributed by atoms with Crippen LogP contribution in [0, 0.1) is 27.7 Å². The van der Waals surface area contributed by atoms with Gasteiger partial charge in [-0.25, -0.2) is 8.42 Å². The van der Waals surface area contributed by atoms with E-state index in [-0.39, 0.29) is 5.91 Å². The highest BCUT2D eigenvalue weighted by atomic mass is 32.2. The number of hydrogen-bond donors (Lipinski definition) is 1. The molecule has 22 heavy (non-hydrogen) atoms. The molecule has 5 nitrogen and oxygen atoms in total. The maximum absolute atomic E-state index is 12.7. The monoisotopic (exact) mass is 324 g/mol. The maximum atomic E-state index is 12.7. The summed E-state index contributed by atoms with van der Waals surface area (Å²) in [6.45, 7) is 10.4. The number of amides is 1. The molecule has 1 aromatic carbocycles. The summed E-state index contributed by atoms with van der Waals surface area (Å²) in [6, 6.07) is 1.24. The molecule has 0 unspecified atom stereocenters. The van der Waals surface area contributed by atoms with Gasteiger partial charge in [0.15, 0.2) is 0 Å². The van der Waals surface area contributed by atoms with E-state index < -0.39 is 16.1 Å². The normalized spacial score (nSPS) is 16.3. The number of carbonyl (C=O) groups is 1. The second-order valence-corrected chi connectivity index (χ2v) is 7.76. The SMILES string of the molecule is Cc1cc(C)c(C)c(S(=O)(=O)N[C@H](C)C(=O)N2CCC2)c1C. The number of carbonyl (C=O) groups excluding carboxylic acids is 1. The Morgan fingerprint density at radius 3 is 2.05 bits per heavy atom. The fourth-order valence-corrected chi connectivity index (χ4v) is 4.55. The molecule has 0 bridgehead atoms. The molecule has 0 aromatic heterocycles. The van der Waals surface area contributed by atoms with Crippen LogP contribution >= 0.6 is 0 Å². The predicted octanol–water partition coefficient (Wildman–Crippen LogP) is 1.82. The van der Waals surface area contributed by atoms with Crippen LogP contribution in [0.4, 0.5) is 0 Å². The van der Waals surface area contributed by atoms with Gasteiger partial charge in [0.1, 0.15) is 0 Å². The van der Waals surface area contributed by atoms with Crippen molar-refractivity contribution in [1.82, 2.24) is 9.62 Å². The Morgan fingerprint density at radius 1 is 1.14 bits per heavy atom. The molecule has 0 spiro atoms. The number of sulfonamides is 1. The van der Waals surface area contributed by atoms with Crippen molar-refractivity contribution in [2.75, 3.05) is 13.1 Å². The number of likely N-dealkylation sites (tertiary alicyclic amines) is 1. The molecule has 0 saturated carbocycles. The molecule has 0 aliphatic carbocycles. The molecule has 1 aliphatic heterocycles. The Labute approximate surface area is 132 Å². The van der Waals surface area contributed by atoms with Crippen molar-refractivity contribution in [3.05, 3.63) is 28.3 Å². The van der Waals surface area contributed by atoms with Gasteiger partial charge in [0.05, 0.1) is 10.9 Å². The van der Waals surface area contributed by atoms with Gasteiger partial charge >= 0.3 is 0 Å². The number of nitrogens with one attached hydrogen (secondary N) is 1. The van der Waals surface area contributed by atoms with Crippen molar-refractivity contribution in [2.45, 2.75) is 52.0 Å². The van der Waals surface area contributed by atoms with Gasteiger partial charge in [-0.05, 0) is 63.3 Å². The van der Waals surface area contributed by atoms with Crippen LogP contribution in [-0.2, 0) is 14.8 Å². The first-order chi connectivity index (χ1) is 10.1. The van der Waals surface area contributed by atoms with E-state index in [0.29, 0.717) is 18.0 Å². The zero-order chi connectivity index (χ0) is 16.7. The lowest BCUT2D eigenvalue weighted by Crippen LogP contribution is -2.51. The Morgan fingerprint density at radius 2 is 1.64 bits per heavy atom. The lowest BCUT2D eigenvalue weighted by Gasteiger charge is -2.33. The molecule has 1 heterocycles. The van der Waals surface area contributed by atoms with E-state index >= 15 is 0 Å². The maximum Gasteiger partial charge on any atom is 0.241 e. The van der Waals surface area contributed by atoms with Crippen molar-refractivity contribution in [2.24, 2.45) is 0 Å². The summed E-state index contributed by atoms with van der Waals surface area (Å²) in [7, 11) is -3.73. The van der Waals surface area contributed by atoms with Gasteiger partial charge in [-0.2, -0.15) is 4.72 Å².